The van der Waals surface area contributed by atoms with E-state index in [4.69, 9.17) is 15.4 Å². The van der Waals surface area contributed by atoms with E-state index in [0.717, 1.165) is 49.7 Å². The van der Waals surface area contributed by atoms with Crippen molar-refractivity contribution >= 4 is 32.7 Å². The summed E-state index contributed by atoms with van der Waals surface area (Å²) < 4.78 is 66.9. The van der Waals surface area contributed by atoms with Crippen LogP contribution in [-0.2, 0) is 26.5 Å². The zero-order chi connectivity index (χ0) is 40.0. The molecule has 0 bridgehead atoms. The van der Waals surface area contributed by atoms with E-state index >= 15 is 0 Å². The minimum absolute atomic E-state index is 0. The van der Waals surface area contributed by atoms with Crippen LogP contribution in [0.1, 0.15) is 48.4 Å². The quantitative estimate of drug-likeness (QED) is 0.166. The molecule has 49 heavy (non-hydrogen) atoms. The SMILES string of the molecule is [2H]C([2H])([2H])c1c[c-]c(-c2ccc(C([2H])([2H])[2H])cn2)cc1.[2H]C([2H])(c1ccc(-c2ccnc(-c3[c-]cc4c(c3)oc3cc5ccccc5cc34)c2)cc1)C(C)(C)C.[Ir]. The Morgan fingerprint density at radius 2 is 1.41 bits per heavy atom. The largest absolute Gasteiger partial charge is 0.476 e. The van der Waals surface area contributed by atoms with Crippen LogP contribution in [0.15, 0.2) is 132 Å². The van der Waals surface area contributed by atoms with Crippen LogP contribution in [-0.4, -0.2) is 9.97 Å². The molecule has 0 spiro atoms. The fourth-order valence-corrected chi connectivity index (χ4v) is 5.62. The number of pyridine rings is 2. The van der Waals surface area contributed by atoms with E-state index in [0.29, 0.717) is 16.8 Å². The van der Waals surface area contributed by atoms with Crippen molar-refractivity contribution in [3.63, 3.8) is 0 Å². The predicted octanol–water partition coefficient (Wildman–Crippen LogP) is 12.0. The van der Waals surface area contributed by atoms with E-state index in [1.807, 2.05) is 81.4 Å². The number of hydrogen-bond acceptors (Lipinski definition) is 3. The molecule has 3 nitrogen and oxygen atoms in total. The van der Waals surface area contributed by atoms with E-state index in [1.54, 1.807) is 18.3 Å². The average molecular weight is 823 g/mol. The van der Waals surface area contributed by atoms with Gasteiger partial charge in [-0.15, -0.1) is 53.1 Å². The Morgan fingerprint density at radius 1 is 0.673 bits per heavy atom. The molecule has 0 saturated heterocycles. The Morgan fingerprint density at radius 3 is 2.10 bits per heavy atom. The number of fused-ring (bicyclic) bond motifs is 4. The molecule has 1 radical (unpaired) electrons. The van der Waals surface area contributed by atoms with Crippen molar-refractivity contribution in [2.45, 2.75) is 40.8 Å². The molecule has 3 aromatic heterocycles. The molecule has 3 heterocycles. The molecule has 0 unspecified atom stereocenters. The maximum Gasteiger partial charge on any atom is 0.124 e. The van der Waals surface area contributed by atoms with Crippen LogP contribution in [0.3, 0.4) is 0 Å². The third-order valence-corrected chi connectivity index (χ3v) is 7.90. The van der Waals surface area contributed by atoms with Crippen LogP contribution in [0, 0.1) is 31.3 Å². The van der Waals surface area contributed by atoms with Crippen molar-refractivity contribution in [3.8, 4) is 33.6 Å². The summed E-state index contributed by atoms with van der Waals surface area (Å²) in [5.41, 5.74) is 7.14. The molecule has 0 aliphatic heterocycles. The van der Waals surface area contributed by atoms with Crippen LogP contribution >= 0.6 is 0 Å². The summed E-state index contributed by atoms with van der Waals surface area (Å²) in [5.74, 6) is 0. The number of furan rings is 1. The molecule has 0 fully saturated rings. The molecule has 0 aliphatic carbocycles. The van der Waals surface area contributed by atoms with E-state index in [1.165, 1.54) is 29.8 Å². The summed E-state index contributed by atoms with van der Waals surface area (Å²) in [4.78, 5) is 8.67. The molecule has 0 amide bonds. The fraction of sp³-hybridized carbons (Fsp3) is 0.156. The average Bonchev–Trinajstić information content (AvgIpc) is 3.53. The molecule has 5 aromatic carbocycles. The van der Waals surface area contributed by atoms with Crippen molar-refractivity contribution < 1.29 is 35.5 Å². The van der Waals surface area contributed by atoms with Gasteiger partial charge >= 0.3 is 0 Å². The van der Waals surface area contributed by atoms with E-state index < -0.39 is 25.5 Å². The van der Waals surface area contributed by atoms with Crippen LogP contribution < -0.4 is 0 Å². The van der Waals surface area contributed by atoms with Gasteiger partial charge in [0.2, 0.25) is 0 Å². The van der Waals surface area contributed by atoms with Gasteiger partial charge in [0.15, 0.2) is 0 Å². The Labute approximate surface area is 313 Å². The van der Waals surface area contributed by atoms with Crippen molar-refractivity contribution in [2.75, 3.05) is 0 Å². The molecule has 4 heteroatoms. The Hall–Kier alpha value is -4.89. The van der Waals surface area contributed by atoms with Gasteiger partial charge in [0.25, 0.3) is 0 Å². The Balaban J connectivity index is 0.000000223. The first kappa shape index (κ1) is 25.1. The number of hydrogen-bond donors (Lipinski definition) is 0. The van der Waals surface area contributed by atoms with Crippen LogP contribution in [0.5, 0.6) is 0 Å². The fourth-order valence-electron chi connectivity index (χ4n) is 5.62. The van der Waals surface area contributed by atoms with Gasteiger partial charge in [-0.1, -0.05) is 112 Å². The number of aryl methyl sites for hydroxylation is 2. The topological polar surface area (TPSA) is 38.9 Å². The van der Waals surface area contributed by atoms with E-state index in [9.17, 15) is 0 Å². The maximum absolute atomic E-state index is 8.53. The molecular formula is C45H38IrN2O-2. The van der Waals surface area contributed by atoms with Gasteiger partial charge < -0.3 is 14.4 Å². The minimum Gasteiger partial charge on any atom is -0.476 e. The number of benzene rings is 5. The normalized spacial score (nSPS) is 14.5. The van der Waals surface area contributed by atoms with Gasteiger partial charge in [-0.25, -0.2) is 0 Å². The van der Waals surface area contributed by atoms with Gasteiger partial charge in [0.05, 0.1) is 5.58 Å². The zero-order valence-electron chi connectivity index (χ0n) is 35.3. The molecule has 0 saturated carbocycles. The smallest absolute Gasteiger partial charge is 0.124 e. The molecule has 8 aromatic rings. The first-order chi connectivity index (χ1) is 26.4. The number of aromatic nitrogens is 2. The van der Waals surface area contributed by atoms with Gasteiger partial charge in [0, 0.05) is 43.5 Å². The Bertz CT molecular complexity index is 2610. The maximum atomic E-state index is 8.53. The Kier molecular flexibility index (Phi) is 7.34. The molecule has 0 atom stereocenters. The van der Waals surface area contributed by atoms with Gasteiger partial charge in [0.1, 0.15) is 5.58 Å². The first-order valence-corrected chi connectivity index (χ1v) is 15.7. The molecular weight excluding hydrogens is 777 g/mol. The standard InChI is InChI=1S/C32H26NO.C13H12N.Ir/c1-32(2,3)20-21-8-10-22(11-9-21)25-14-15-33-29(17-25)26-12-13-27-28-16-23-6-4-5-7-24(23)18-31(28)34-30(27)19-26;1-10-3-6-12(7-4-10)13-8-5-11(2)9-14-13;/h4-11,13-19H,20H2,1-3H3;3-6,8-9H,1-2H3;/q2*-1;/i20D2;1D3,2D3;. The summed E-state index contributed by atoms with van der Waals surface area (Å²) in [6, 6.07) is 42.2. The third-order valence-electron chi connectivity index (χ3n) is 7.90. The zero-order valence-corrected chi connectivity index (χ0v) is 29.7. The van der Waals surface area contributed by atoms with Crippen molar-refractivity contribution in [1.82, 2.24) is 9.97 Å². The van der Waals surface area contributed by atoms with Crippen molar-refractivity contribution in [1.29, 1.82) is 0 Å². The second-order valence-corrected chi connectivity index (χ2v) is 12.7. The minimum atomic E-state index is -2.18. The van der Waals surface area contributed by atoms with Crippen LogP contribution in [0.4, 0.5) is 0 Å². The molecule has 0 aliphatic rings. The van der Waals surface area contributed by atoms with Crippen LogP contribution in [0.25, 0.3) is 66.4 Å². The van der Waals surface area contributed by atoms with Crippen molar-refractivity contribution in [3.05, 3.63) is 156 Å². The van der Waals surface area contributed by atoms with Gasteiger partial charge in [-0.3, -0.25) is 0 Å². The van der Waals surface area contributed by atoms with Crippen LogP contribution in [0.2, 0.25) is 0 Å². The molecule has 0 N–H and O–H groups in total. The summed E-state index contributed by atoms with van der Waals surface area (Å²) in [7, 11) is 0. The molecule has 8 rings (SSSR count). The van der Waals surface area contributed by atoms with Gasteiger partial charge in [-0.05, 0) is 80.6 Å². The second kappa shape index (κ2) is 14.3. The molecule has 245 valence electrons. The van der Waals surface area contributed by atoms with E-state index in [2.05, 4.69) is 46.4 Å². The predicted molar refractivity (Wildman–Crippen MR) is 200 cm³/mol. The van der Waals surface area contributed by atoms with Crippen molar-refractivity contribution in [2.24, 2.45) is 5.41 Å². The first-order valence-electron chi connectivity index (χ1n) is 19.7. The summed E-state index contributed by atoms with van der Waals surface area (Å²) in [6.07, 6.45) is 1.68. The summed E-state index contributed by atoms with van der Waals surface area (Å²) in [6.45, 7) is 1.43. The second-order valence-electron chi connectivity index (χ2n) is 12.7. The monoisotopic (exact) mass is 823 g/mol. The summed E-state index contributed by atoms with van der Waals surface area (Å²) in [5, 5.41) is 4.47. The van der Waals surface area contributed by atoms with Gasteiger partial charge in [-0.2, -0.15) is 0 Å². The number of nitrogens with zero attached hydrogens (tertiary/aromatic N) is 2. The number of rotatable bonds is 4. The third kappa shape index (κ3) is 7.89. The summed E-state index contributed by atoms with van der Waals surface area (Å²) >= 11 is 0. The van der Waals surface area contributed by atoms with E-state index in [-0.39, 0.29) is 31.2 Å².